The molecule has 6 heteroatoms. The molecule has 1 fully saturated rings. The monoisotopic (exact) mass is 299 g/mol. The van der Waals surface area contributed by atoms with Crippen molar-refractivity contribution in [3.05, 3.63) is 54.0 Å². The van der Waals surface area contributed by atoms with Gasteiger partial charge in [-0.2, -0.15) is 0 Å². The molecule has 1 aromatic heterocycles. The number of rotatable bonds is 5. The van der Waals surface area contributed by atoms with Crippen molar-refractivity contribution >= 4 is 11.8 Å². The zero-order chi connectivity index (χ0) is 15.4. The quantitative estimate of drug-likeness (QED) is 0.882. The van der Waals surface area contributed by atoms with Crippen LogP contribution in [0, 0.1) is 0 Å². The van der Waals surface area contributed by atoms with Crippen molar-refractivity contribution in [2.24, 2.45) is 0 Å². The van der Waals surface area contributed by atoms with E-state index in [0.29, 0.717) is 5.82 Å². The largest absolute Gasteiger partial charge is 0.476 e. The Kier molecular flexibility index (Phi) is 4.29. The van der Waals surface area contributed by atoms with E-state index >= 15 is 0 Å². The summed E-state index contributed by atoms with van der Waals surface area (Å²) in [5, 5.41) is 12.2. The number of carboxylic acid groups (broad SMARTS) is 1. The normalized spacial score (nSPS) is 18.8. The molecule has 2 unspecified atom stereocenters. The van der Waals surface area contributed by atoms with Gasteiger partial charge in [0.2, 0.25) is 0 Å². The van der Waals surface area contributed by atoms with E-state index in [2.05, 4.69) is 15.3 Å². The van der Waals surface area contributed by atoms with Gasteiger partial charge in [0.05, 0.1) is 24.5 Å². The van der Waals surface area contributed by atoms with Gasteiger partial charge in [0, 0.05) is 6.61 Å². The van der Waals surface area contributed by atoms with Crippen molar-refractivity contribution in [1.82, 2.24) is 9.97 Å². The first-order valence-corrected chi connectivity index (χ1v) is 7.22. The van der Waals surface area contributed by atoms with Gasteiger partial charge in [-0.15, -0.1) is 0 Å². The van der Waals surface area contributed by atoms with Gasteiger partial charge in [0.15, 0.2) is 5.69 Å². The molecule has 1 aliphatic rings. The van der Waals surface area contributed by atoms with Crippen LogP contribution in [0.3, 0.4) is 0 Å². The first-order chi connectivity index (χ1) is 10.7. The lowest BCUT2D eigenvalue weighted by atomic mass is 9.99. The molecule has 0 saturated carbocycles. The van der Waals surface area contributed by atoms with E-state index < -0.39 is 5.97 Å². The molecule has 0 spiro atoms. The maximum absolute atomic E-state index is 10.8. The van der Waals surface area contributed by atoms with Gasteiger partial charge in [-0.05, 0) is 18.4 Å². The van der Waals surface area contributed by atoms with Gasteiger partial charge in [-0.25, -0.2) is 14.8 Å². The molecule has 0 bridgehead atoms. The minimum absolute atomic E-state index is 0.0336. The van der Waals surface area contributed by atoms with Crippen LogP contribution in [0.1, 0.15) is 34.9 Å². The summed E-state index contributed by atoms with van der Waals surface area (Å²) in [5.74, 6) is -0.549. The van der Waals surface area contributed by atoms with E-state index in [1.165, 1.54) is 12.4 Å². The van der Waals surface area contributed by atoms with E-state index in [4.69, 9.17) is 9.84 Å². The van der Waals surface area contributed by atoms with Gasteiger partial charge < -0.3 is 15.2 Å². The van der Waals surface area contributed by atoms with Gasteiger partial charge in [-0.1, -0.05) is 30.3 Å². The molecule has 0 radical (unpaired) electrons. The average Bonchev–Trinajstić information content (AvgIpc) is 3.08. The number of nitrogens with one attached hydrogen (secondary N) is 1. The molecule has 2 heterocycles. The predicted molar refractivity (Wildman–Crippen MR) is 80.8 cm³/mol. The Balaban J connectivity index is 1.82. The summed E-state index contributed by atoms with van der Waals surface area (Å²) in [4.78, 5) is 18.8. The van der Waals surface area contributed by atoms with Crippen LogP contribution < -0.4 is 5.32 Å². The lowest BCUT2D eigenvalue weighted by molar-refractivity contribution is 0.0690. The number of aromatic nitrogens is 2. The van der Waals surface area contributed by atoms with E-state index in [9.17, 15) is 4.79 Å². The maximum atomic E-state index is 10.8. The Morgan fingerprint density at radius 3 is 2.68 bits per heavy atom. The van der Waals surface area contributed by atoms with Gasteiger partial charge in [0.1, 0.15) is 5.82 Å². The Labute approximate surface area is 128 Å². The van der Waals surface area contributed by atoms with Crippen molar-refractivity contribution in [2.45, 2.75) is 25.0 Å². The van der Waals surface area contributed by atoms with E-state index in [-0.39, 0.29) is 17.8 Å². The van der Waals surface area contributed by atoms with E-state index in [1.807, 2.05) is 30.3 Å². The fraction of sp³-hybridized carbons (Fsp3) is 0.312. The van der Waals surface area contributed by atoms with Crippen LogP contribution in [0.25, 0.3) is 0 Å². The summed E-state index contributed by atoms with van der Waals surface area (Å²) in [6.07, 6.45) is 4.78. The molecule has 1 aromatic carbocycles. The van der Waals surface area contributed by atoms with Gasteiger partial charge >= 0.3 is 5.97 Å². The Hall–Kier alpha value is -2.47. The molecule has 2 atom stereocenters. The molecule has 1 saturated heterocycles. The van der Waals surface area contributed by atoms with Crippen LogP contribution in [0.2, 0.25) is 0 Å². The van der Waals surface area contributed by atoms with E-state index in [0.717, 1.165) is 25.0 Å². The van der Waals surface area contributed by atoms with Crippen molar-refractivity contribution in [3.8, 4) is 0 Å². The fourth-order valence-electron chi connectivity index (χ4n) is 2.59. The molecular weight excluding hydrogens is 282 g/mol. The molecule has 22 heavy (non-hydrogen) atoms. The van der Waals surface area contributed by atoms with E-state index in [1.54, 1.807) is 0 Å². The Bertz CT molecular complexity index is 625. The third kappa shape index (κ3) is 3.23. The van der Waals surface area contributed by atoms with Gasteiger partial charge in [0.25, 0.3) is 0 Å². The summed E-state index contributed by atoms with van der Waals surface area (Å²) < 4.78 is 5.80. The second-order valence-corrected chi connectivity index (χ2v) is 5.18. The number of hydrogen-bond donors (Lipinski definition) is 2. The molecule has 0 aliphatic carbocycles. The number of carboxylic acids is 1. The number of anilines is 1. The smallest absolute Gasteiger partial charge is 0.356 e. The summed E-state index contributed by atoms with van der Waals surface area (Å²) in [7, 11) is 0. The predicted octanol–water partition coefficient (Wildman–Crippen LogP) is 2.51. The molecule has 2 aromatic rings. The summed E-state index contributed by atoms with van der Waals surface area (Å²) in [5.41, 5.74) is 1.04. The third-order valence-electron chi connectivity index (χ3n) is 3.67. The third-order valence-corrected chi connectivity index (χ3v) is 3.67. The number of benzene rings is 1. The molecular formula is C16H17N3O3. The number of aromatic carboxylic acids is 1. The zero-order valence-electron chi connectivity index (χ0n) is 12.0. The molecule has 6 nitrogen and oxygen atoms in total. The standard InChI is InChI=1S/C16H17N3O3/c20-16(21)12-9-18-14(10-17-12)19-15(13-7-4-8-22-13)11-5-2-1-3-6-11/h1-3,5-6,9-10,13,15H,4,7-8H2,(H,18,19)(H,20,21). The van der Waals surface area contributed by atoms with Crippen LogP contribution in [-0.2, 0) is 4.74 Å². The SMILES string of the molecule is O=C(O)c1cnc(NC(c2ccccc2)C2CCCO2)cn1. The maximum Gasteiger partial charge on any atom is 0.356 e. The van der Waals surface area contributed by atoms with Crippen LogP contribution in [0.15, 0.2) is 42.7 Å². The number of ether oxygens (including phenoxy) is 1. The first-order valence-electron chi connectivity index (χ1n) is 7.22. The zero-order valence-corrected chi connectivity index (χ0v) is 12.0. The Morgan fingerprint density at radius 1 is 1.27 bits per heavy atom. The summed E-state index contributed by atoms with van der Waals surface area (Å²) in [6, 6.07) is 9.98. The molecule has 1 aliphatic heterocycles. The first kappa shape index (κ1) is 14.5. The molecule has 2 N–H and O–H groups in total. The minimum atomic E-state index is -1.09. The van der Waals surface area contributed by atoms with Crippen LogP contribution in [-0.4, -0.2) is 33.8 Å². The molecule has 3 rings (SSSR count). The average molecular weight is 299 g/mol. The van der Waals surface area contributed by atoms with Crippen molar-refractivity contribution in [3.63, 3.8) is 0 Å². The second-order valence-electron chi connectivity index (χ2n) is 5.18. The number of hydrogen-bond acceptors (Lipinski definition) is 5. The highest BCUT2D eigenvalue weighted by atomic mass is 16.5. The molecule has 0 amide bonds. The van der Waals surface area contributed by atoms with Crippen LogP contribution in [0.5, 0.6) is 0 Å². The van der Waals surface area contributed by atoms with Crippen LogP contribution in [0.4, 0.5) is 5.82 Å². The van der Waals surface area contributed by atoms with Crippen molar-refractivity contribution in [1.29, 1.82) is 0 Å². The van der Waals surface area contributed by atoms with Crippen molar-refractivity contribution < 1.29 is 14.6 Å². The fourth-order valence-corrected chi connectivity index (χ4v) is 2.59. The topological polar surface area (TPSA) is 84.3 Å². The molecule has 114 valence electrons. The highest BCUT2D eigenvalue weighted by molar-refractivity contribution is 5.84. The van der Waals surface area contributed by atoms with Crippen molar-refractivity contribution in [2.75, 3.05) is 11.9 Å². The lowest BCUT2D eigenvalue weighted by Crippen LogP contribution is -2.25. The second kappa shape index (κ2) is 6.53. The highest BCUT2D eigenvalue weighted by Crippen LogP contribution is 2.29. The summed E-state index contributed by atoms with van der Waals surface area (Å²) >= 11 is 0. The number of carbonyl (C=O) groups is 1. The highest BCUT2D eigenvalue weighted by Gasteiger charge is 2.27. The summed E-state index contributed by atoms with van der Waals surface area (Å²) in [6.45, 7) is 0.763. The van der Waals surface area contributed by atoms with Gasteiger partial charge in [-0.3, -0.25) is 0 Å². The number of nitrogens with zero attached hydrogens (tertiary/aromatic N) is 2. The lowest BCUT2D eigenvalue weighted by Gasteiger charge is -2.25. The minimum Gasteiger partial charge on any atom is -0.476 e. The van der Waals surface area contributed by atoms with Crippen LogP contribution >= 0.6 is 0 Å². The Morgan fingerprint density at radius 2 is 2.09 bits per heavy atom.